The molecule has 0 amide bonds. The van der Waals surface area contributed by atoms with Crippen molar-refractivity contribution in [3.05, 3.63) is 29.8 Å². The number of ether oxygens (including phenoxy) is 2. The zero-order valence-electron chi connectivity index (χ0n) is 11.8. The lowest BCUT2D eigenvalue weighted by Crippen LogP contribution is -2.23. The molecule has 2 rings (SSSR count). The quantitative estimate of drug-likeness (QED) is 0.359. The Hall–Kier alpha value is -1.68. The summed E-state index contributed by atoms with van der Waals surface area (Å²) in [5.74, 6) is -0.0844. The van der Waals surface area contributed by atoms with Crippen molar-refractivity contribution in [2.75, 3.05) is 13.9 Å². The van der Waals surface area contributed by atoms with Crippen molar-refractivity contribution in [3.8, 4) is 5.75 Å². The van der Waals surface area contributed by atoms with Gasteiger partial charge in [0.2, 0.25) is 0 Å². The van der Waals surface area contributed by atoms with Crippen molar-refractivity contribution < 1.29 is 19.1 Å². The van der Waals surface area contributed by atoms with Gasteiger partial charge in [0.1, 0.15) is 11.5 Å². The lowest BCUT2D eigenvalue weighted by Gasteiger charge is -2.15. The third-order valence-electron chi connectivity index (χ3n) is 3.61. The van der Waals surface area contributed by atoms with E-state index in [1.54, 1.807) is 24.3 Å². The first-order valence-corrected chi connectivity index (χ1v) is 7.01. The van der Waals surface area contributed by atoms with Gasteiger partial charge in [0.15, 0.2) is 12.6 Å². The molecule has 0 bridgehead atoms. The number of Topliss-reactive ketones (excluding diaryl/α,β-unsaturated/α-hetero) is 2. The second kappa shape index (κ2) is 7.20. The summed E-state index contributed by atoms with van der Waals surface area (Å²) in [6.45, 7) is 0.0862. The highest BCUT2D eigenvalue weighted by Gasteiger charge is 2.29. The summed E-state index contributed by atoms with van der Waals surface area (Å²) in [4.78, 5) is 24.7. The summed E-state index contributed by atoms with van der Waals surface area (Å²) in [6.07, 6.45) is 4.01. The molecule has 1 aromatic rings. The van der Waals surface area contributed by atoms with Gasteiger partial charge in [-0.15, -0.1) is 0 Å². The maximum absolute atomic E-state index is 12.6. The third-order valence-corrected chi connectivity index (χ3v) is 3.61. The van der Waals surface area contributed by atoms with E-state index in [9.17, 15) is 9.59 Å². The van der Waals surface area contributed by atoms with Gasteiger partial charge in [-0.1, -0.05) is 25.0 Å². The Labute approximate surface area is 119 Å². The van der Waals surface area contributed by atoms with Gasteiger partial charge in [-0.05, 0) is 25.0 Å². The van der Waals surface area contributed by atoms with Gasteiger partial charge in [-0.2, -0.15) is 0 Å². The molecular formula is C16H20O4. The highest BCUT2D eigenvalue weighted by molar-refractivity contribution is 6.12. The Kier molecular flexibility index (Phi) is 5.30. The molecular weight excluding hydrogens is 256 g/mol. The maximum atomic E-state index is 12.6. The molecule has 20 heavy (non-hydrogen) atoms. The first-order chi connectivity index (χ1) is 9.74. The molecule has 0 heterocycles. The number of hydrogen-bond donors (Lipinski definition) is 0. The van der Waals surface area contributed by atoms with Crippen molar-refractivity contribution in [2.45, 2.75) is 32.1 Å². The van der Waals surface area contributed by atoms with Gasteiger partial charge in [0.05, 0.1) is 11.5 Å². The lowest BCUT2D eigenvalue weighted by atomic mass is 9.89. The summed E-state index contributed by atoms with van der Waals surface area (Å²) in [7, 11) is 1.53. The summed E-state index contributed by atoms with van der Waals surface area (Å²) in [5, 5.41) is 0. The van der Waals surface area contributed by atoms with Gasteiger partial charge < -0.3 is 9.47 Å². The SMILES string of the molecule is COCOc1ccccc1C(=O)C1CCCCCC1=O. The number of carbonyl (C=O) groups is 2. The molecule has 1 aromatic carbocycles. The molecule has 0 aromatic heterocycles. The summed E-state index contributed by atoms with van der Waals surface area (Å²) < 4.78 is 10.3. The van der Waals surface area contributed by atoms with E-state index in [1.807, 2.05) is 0 Å². The summed E-state index contributed by atoms with van der Waals surface area (Å²) in [5.41, 5.74) is 0.477. The molecule has 0 radical (unpaired) electrons. The van der Waals surface area contributed by atoms with E-state index in [1.165, 1.54) is 7.11 Å². The van der Waals surface area contributed by atoms with E-state index in [-0.39, 0.29) is 18.4 Å². The Balaban J connectivity index is 2.21. The van der Waals surface area contributed by atoms with Gasteiger partial charge in [-0.25, -0.2) is 0 Å². The van der Waals surface area contributed by atoms with Gasteiger partial charge in [0, 0.05) is 13.5 Å². The minimum Gasteiger partial charge on any atom is -0.467 e. The van der Waals surface area contributed by atoms with Crippen LogP contribution in [-0.4, -0.2) is 25.5 Å². The highest BCUT2D eigenvalue weighted by Crippen LogP contribution is 2.27. The predicted octanol–water partition coefficient (Wildman–Crippen LogP) is 3.00. The molecule has 108 valence electrons. The number of methoxy groups -OCH3 is 1. The minimum atomic E-state index is -0.509. The first-order valence-electron chi connectivity index (χ1n) is 7.01. The van der Waals surface area contributed by atoms with E-state index < -0.39 is 5.92 Å². The van der Waals surface area contributed by atoms with Crippen LogP contribution < -0.4 is 4.74 Å². The molecule has 4 nitrogen and oxygen atoms in total. The van der Waals surface area contributed by atoms with E-state index in [0.29, 0.717) is 24.2 Å². The maximum Gasteiger partial charge on any atom is 0.188 e. The van der Waals surface area contributed by atoms with Crippen molar-refractivity contribution >= 4 is 11.6 Å². The van der Waals surface area contributed by atoms with Crippen LogP contribution in [0.4, 0.5) is 0 Å². The fraction of sp³-hybridized carbons (Fsp3) is 0.500. The topological polar surface area (TPSA) is 52.6 Å². The van der Waals surface area contributed by atoms with Crippen LogP contribution in [0.25, 0.3) is 0 Å². The number of hydrogen-bond acceptors (Lipinski definition) is 4. The molecule has 1 atom stereocenters. The number of ketones is 2. The molecule has 0 aliphatic heterocycles. The third kappa shape index (κ3) is 3.45. The molecule has 0 spiro atoms. The van der Waals surface area contributed by atoms with Crippen molar-refractivity contribution in [1.82, 2.24) is 0 Å². The van der Waals surface area contributed by atoms with Gasteiger partial charge in [-0.3, -0.25) is 9.59 Å². The van der Waals surface area contributed by atoms with Crippen LogP contribution >= 0.6 is 0 Å². The van der Waals surface area contributed by atoms with Crippen molar-refractivity contribution in [3.63, 3.8) is 0 Å². The molecule has 0 saturated heterocycles. The van der Waals surface area contributed by atoms with Gasteiger partial charge >= 0.3 is 0 Å². The minimum absolute atomic E-state index is 0.0639. The van der Waals surface area contributed by atoms with E-state index in [4.69, 9.17) is 9.47 Å². The highest BCUT2D eigenvalue weighted by atomic mass is 16.7. The zero-order valence-corrected chi connectivity index (χ0v) is 11.8. The second-order valence-electron chi connectivity index (χ2n) is 5.03. The first kappa shape index (κ1) is 14.7. The normalized spacial score (nSPS) is 19.4. The number of para-hydroxylation sites is 1. The average molecular weight is 276 g/mol. The zero-order chi connectivity index (χ0) is 14.4. The predicted molar refractivity (Wildman–Crippen MR) is 74.9 cm³/mol. The van der Waals surface area contributed by atoms with Crippen LogP contribution in [0.15, 0.2) is 24.3 Å². The smallest absolute Gasteiger partial charge is 0.188 e. The Morgan fingerprint density at radius 1 is 1.25 bits per heavy atom. The fourth-order valence-electron chi connectivity index (χ4n) is 2.54. The molecule has 1 unspecified atom stereocenters. The molecule has 1 saturated carbocycles. The lowest BCUT2D eigenvalue weighted by molar-refractivity contribution is -0.121. The summed E-state index contributed by atoms with van der Waals surface area (Å²) in [6, 6.07) is 7.03. The summed E-state index contributed by atoms with van der Waals surface area (Å²) >= 11 is 0. The molecule has 1 fully saturated rings. The number of rotatable bonds is 5. The molecule has 1 aliphatic rings. The van der Waals surface area contributed by atoms with Crippen LogP contribution in [-0.2, 0) is 9.53 Å². The monoisotopic (exact) mass is 276 g/mol. The van der Waals surface area contributed by atoms with Crippen LogP contribution in [0.5, 0.6) is 5.75 Å². The van der Waals surface area contributed by atoms with Crippen molar-refractivity contribution in [1.29, 1.82) is 0 Å². The number of benzene rings is 1. The van der Waals surface area contributed by atoms with Crippen LogP contribution in [0.2, 0.25) is 0 Å². The van der Waals surface area contributed by atoms with E-state index in [2.05, 4.69) is 0 Å². The Morgan fingerprint density at radius 3 is 2.85 bits per heavy atom. The van der Waals surface area contributed by atoms with E-state index >= 15 is 0 Å². The van der Waals surface area contributed by atoms with Crippen LogP contribution in [0, 0.1) is 5.92 Å². The standard InChI is InChI=1S/C16H20O4/c1-19-11-20-15-10-6-5-8-13(15)16(18)12-7-3-2-4-9-14(12)17/h5-6,8,10,12H,2-4,7,9,11H2,1H3. The second-order valence-corrected chi connectivity index (χ2v) is 5.03. The fourth-order valence-corrected chi connectivity index (χ4v) is 2.54. The average Bonchev–Trinajstić information content (AvgIpc) is 2.69. The molecule has 0 N–H and O–H groups in total. The van der Waals surface area contributed by atoms with Crippen LogP contribution in [0.3, 0.4) is 0 Å². The van der Waals surface area contributed by atoms with E-state index in [0.717, 1.165) is 19.3 Å². The van der Waals surface area contributed by atoms with Crippen molar-refractivity contribution in [2.24, 2.45) is 5.92 Å². The Bertz CT molecular complexity index is 481. The van der Waals surface area contributed by atoms with Crippen LogP contribution in [0.1, 0.15) is 42.5 Å². The largest absolute Gasteiger partial charge is 0.467 e. The molecule has 1 aliphatic carbocycles. The number of carbonyl (C=O) groups excluding carboxylic acids is 2. The van der Waals surface area contributed by atoms with Gasteiger partial charge in [0.25, 0.3) is 0 Å². The molecule has 4 heteroatoms. The Morgan fingerprint density at radius 2 is 2.05 bits per heavy atom.